The zero-order valence-corrected chi connectivity index (χ0v) is 22.8. The monoisotopic (exact) mass is 509 g/mol. The molecule has 37 heavy (non-hydrogen) atoms. The normalized spacial score (nSPS) is 17.0. The highest BCUT2D eigenvalue weighted by atomic mass is 16.7. The average Bonchev–Trinajstić information content (AvgIpc) is 3.25. The van der Waals surface area contributed by atoms with Crippen molar-refractivity contribution >= 4 is 17.1 Å². The molecule has 1 amide bonds. The topological polar surface area (TPSA) is 81.4 Å². The number of nitrogens with zero attached hydrogens (tertiary/aromatic N) is 1. The van der Waals surface area contributed by atoms with Crippen LogP contribution in [0.4, 0.5) is 4.79 Å². The van der Waals surface area contributed by atoms with Crippen LogP contribution in [0.2, 0.25) is 0 Å². The van der Waals surface area contributed by atoms with E-state index in [1.54, 1.807) is 7.11 Å². The summed E-state index contributed by atoms with van der Waals surface area (Å²) in [6, 6.07) is 16.5. The summed E-state index contributed by atoms with van der Waals surface area (Å²) in [6.45, 7) is 10.1. The SMILES string of the molecule is COc1ccc2cc(CCc3ccc(CCC4(N(C(=O)O)C(C)(C)C)COC(C)(C)OC4)cc3)oc2c1. The molecule has 2 aromatic carbocycles. The minimum atomic E-state index is -0.959. The minimum Gasteiger partial charge on any atom is -0.497 e. The van der Waals surface area contributed by atoms with Crippen molar-refractivity contribution in [3.63, 3.8) is 0 Å². The van der Waals surface area contributed by atoms with Gasteiger partial charge in [0.05, 0.1) is 25.9 Å². The van der Waals surface area contributed by atoms with Crippen LogP contribution in [0.25, 0.3) is 11.0 Å². The molecule has 7 heteroatoms. The van der Waals surface area contributed by atoms with E-state index in [9.17, 15) is 9.90 Å². The van der Waals surface area contributed by atoms with E-state index >= 15 is 0 Å². The summed E-state index contributed by atoms with van der Waals surface area (Å²) >= 11 is 0. The van der Waals surface area contributed by atoms with Gasteiger partial charge in [0.1, 0.15) is 17.1 Å². The van der Waals surface area contributed by atoms with E-state index in [0.29, 0.717) is 19.6 Å². The third kappa shape index (κ3) is 6.28. The Labute approximate surface area is 219 Å². The smallest absolute Gasteiger partial charge is 0.408 e. The molecule has 1 aliphatic heterocycles. The highest BCUT2D eigenvalue weighted by Gasteiger charge is 2.50. The summed E-state index contributed by atoms with van der Waals surface area (Å²) in [6.07, 6.45) is 2.05. The first-order chi connectivity index (χ1) is 17.4. The van der Waals surface area contributed by atoms with Gasteiger partial charge in [-0.2, -0.15) is 0 Å². The molecule has 4 rings (SSSR count). The molecule has 2 heterocycles. The van der Waals surface area contributed by atoms with Gasteiger partial charge in [0.2, 0.25) is 0 Å². The van der Waals surface area contributed by atoms with Gasteiger partial charge in [-0.3, -0.25) is 4.90 Å². The highest BCUT2D eigenvalue weighted by molar-refractivity contribution is 5.79. The highest BCUT2D eigenvalue weighted by Crippen LogP contribution is 2.36. The second kappa shape index (κ2) is 10.4. The summed E-state index contributed by atoms with van der Waals surface area (Å²) in [7, 11) is 1.65. The van der Waals surface area contributed by atoms with E-state index in [4.69, 9.17) is 18.6 Å². The molecule has 0 atom stereocenters. The van der Waals surface area contributed by atoms with Crippen LogP contribution in [0.3, 0.4) is 0 Å². The number of fused-ring (bicyclic) bond motifs is 1. The number of carboxylic acid groups (broad SMARTS) is 1. The number of hydrogen-bond donors (Lipinski definition) is 1. The molecule has 0 radical (unpaired) electrons. The van der Waals surface area contributed by atoms with Crippen LogP contribution in [-0.2, 0) is 28.7 Å². The lowest BCUT2D eigenvalue weighted by Gasteiger charge is -2.53. The lowest BCUT2D eigenvalue weighted by atomic mass is 9.86. The molecule has 1 aliphatic rings. The van der Waals surface area contributed by atoms with E-state index < -0.39 is 23.0 Å². The molecule has 200 valence electrons. The maximum absolute atomic E-state index is 12.3. The Morgan fingerprint density at radius 2 is 1.59 bits per heavy atom. The molecule has 0 spiro atoms. The minimum absolute atomic E-state index is 0.297. The van der Waals surface area contributed by atoms with Gasteiger partial charge in [-0.05, 0) is 83.2 Å². The van der Waals surface area contributed by atoms with Crippen molar-refractivity contribution in [2.75, 3.05) is 20.3 Å². The number of aryl methyl sites for hydroxylation is 3. The van der Waals surface area contributed by atoms with Gasteiger partial charge in [0.25, 0.3) is 0 Å². The zero-order chi connectivity index (χ0) is 26.8. The van der Waals surface area contributed by atoms with Crippen LogP contribution < -0.4 is 4.74 Å². The fraction of sp³-hybridized carbons (Fsp3) is 0.500. The van der Waals surface area contributed by atoms with E-state index in [0.717, 1.165) is 47.3 Å². The third-order valence-electron chi connectivity index (χ3n) is 7.05. The summed E-state index contributed by atoms with van der Waals surface area (Å²) in [5.74, 6) is 1.01. The number of furan rings is 1. The lowest BCUT2D eigenvalue weighted by molar-refractivity contribution is -0.289. The van der Waals surface area contributed by atoms with Crippen LogP contribution in [-0.4, -0.2) is 53.3 Å². The Balaban J connectivity index is 1.41. The maximum atomic E-state index is 12.3. The van der Waals surface area contributed by atoms with Crippen molar-refractivity contribution in [1.29, 1.82) is 0 Å². The van der Waals surface area contributed by atoms with E-state index in [1.165, 1.54) is 10.5 Å². The van der Waals surface area contributed by atoms with E-state index in [1.807, 2.05) is 52.8 Å². The number of methoxy groups -OCH3 is 1. The predicted molar refractivity (Wildman–Crippen MR) is 143 cm³/mol. The van der Waals surface area contributed by atoms with Gasteiger partial charge in [0.15, 0.2) is 5.79 Å². The van der Waals surface area contributed by atoms with Crippen molar-refractivity contribution < 1.29 is 28.5 Å². The molecule has 0 unspecified atom stereocenters. The third-order valence-corrected chi connectivity index (χ3v) is 7.05. The molecule has 0 saturated carbocycles. The predicted octanol–water partition coefficient (Wildman–Crippen LogP) is 6.46. The van der Waals surface area contributed by atoms with E-state index in [2.05, 4.69) is 30.3 Å². The van der Waals surface area contributed by atoms with Gasteiger partial charge >= 0.3 is 6.09 Å². The molecule has 0 aliphatic carbocycles. The average molecular weight is 510 g/mol. The molecular formula is C30H39NO6. The molecule has 1 saturated heterocycles. The van der Waals surface area contributed by atoms with Crippen molar-refractivity contribution in [2.24, 2.45) is 0 Å². The van der Waals surface area contributed by atoms with Crippen LogP contribution in [0.15, 0.2) is 52.9 Å². The standard InChI is InChI=1S/C30H39NO6/c1-28(2,3)31(27(32)33)30(19-35-29(4,5)36-20-30)16-15-22-9-7-21(8-10-22)11-13-25-17-23-12-14-24(34-6)18-26(23)37-25/h7-10,12,14,17-18H,11,13,15-16,19-20H2,1-6H3,(H,32,33). The Morgan fingerprint density at radius 1 is 0.973 bits per heavy atom. The molecule has 7 nitrogen and oxygen atoms in total. The van der Waals surface area contributed by atoms with Crippen LogP contribution in [0.1, 0.15) is 57.9 Å². The molecule has 3 aromatic rings. The number of rotatable bonds is 8. The van der Waals surface area contributed by atoms with Crippen molar-refractivity contribution in [3.05, 3.63) is 65.4 Å². The second-order valence-electron chi connectivity index (χ2n) is 11.4. The number of hydrogen-bond acceptors (Lipinski definition) is 5. The summed E-state index contributed by atoms with van der Waals surface area (Å²) in [4.78, 5) is 13.9. The van der Waals surface area contributed by atoms with Gasteiger partial charge in [0, 0.05) is 23.4 Å². The number of carbonyl (C=O) groups is 1. The Kier molecular flexibility index (Phi) is 7.58. The number of benzene rings is 2. The first-order valence-corrected chi connectivity index (χ1v) is 12.9. The van der Waals surface area contributed by atoms with Crippen LogP contribution >= 0.6 is 0 Å². The quantitative estimate of drug-likeness (QED) is 0.375. The van der Waals surface area contributed by atoms with Gasteiger partial charge < -0.3 is 23.7 Å². The van der Waals surface area contributed by atoms with Crippen molar-refractivity contribution in [3.8, 4) is 5.75 Å². The largest absolute Gasteiger partial charge is 0.497 e. The van der Waals surface area contributed by atoms with Gasteiger partial charge in [-0.25, -0.2) is 4.79 Å². The van der Waals surface area contributed by atoms with Crippen molar-refractivity contribution in [2.45, 2.75) is 77.2 Å². The fourth-order valence-electron chi connectivity index (χ4n) is 5.12. The molecule has 1 N–H and O–H groups in total. The second-order valence-corrected chi connectivity index (χ2v) is 11.4. The Hall–Kier alpha value is -3.03. The van der Waals surface area contributed by atoms with E-state index in [-0.39, 0.29) is 0 Å². The van der Waals surface area contributed by atoms with Crippen molar-refractivity contribution in [1.82, 2.24) is 4.90 Å². The maximum Gasteiger partial charge on any atom is 0.408 e. The van der Waals surface area contributed by atoms with Gasteiger partial charge in [-0.15, -0.1) is 0 Å². The summed E-state index contributed by atoms with van der Waals surface area (Å²) in [5, 5.41) is 11.2. The number of amides is 1. The van der Waals surface area contributed by atoms with Gasteiger partial charge in [-0.1, -0.05) is 24.3 Å². The Morgan fingerprint density at radius 3 is 2.16 bits per heavy atom. The van der Waals surface area contributed by atoms with Crippen LogP contribution in [0, 0.1) is 0 Å². The van der Waals surface area contributed by atoms with Crippen LogP contribution in [0.5, 0.6) is 5.75 Å². The summed E-state index contributed by atoms with van der Waals surface area (Å²) < 4.78 is 23.2. The molecule has 1 aromatic heterocycles. The summed E-state index contributed by atoms with van der Waals surface area (Å²) in [5.41, 5.74) is 1.87. The molecule has 0 bridgehead atoms. The lowest BCUT2D eigenvalue weighted by Crippen LogP contribution is -2.67. The first kappa shape index (κ1) is 27.0. The number of ether oxygens (including phenoxy) is 3. The zero-order valence-electron chi connectivity index (χ0n) is 22.8. The Bertz CT molecular complexity index is 1210. The fourth-order valence-corrected chi connectivity index (χ4v) is 5.12. The molecule has 1 fully saturated rings. The first-order valence-electron chi connectivity index (χ1n) is 12.9. The molecular weight excluding hydrogens is 470 g/mol.